The van der Waals surface area contributed by atoms with Crippen molar-refractivity contribution in [2.24, 2.45) is 0 Å². The first-order valence-corrected chi connectivity index (χ1v) is 6.00. The van der Waals surface area contributed by atoms with E-state index in [-0.39, 0.29) is 5.41 Å². The largest absolute Gasteiger partial charge is 0.373 e. The first kappa shape index (κ1) is 11.4. The van der Waals surface area contributed by atoms with E-state index in [1.54, 1.807) is 0 Å². The molecule has 3 heteroatoms. The van der Waals surface area contributed by atoms with E-state index in [2.05, 4.69) is 38.0 Å². The predicted octanol–water partition coefficient (Wildman–Crippen LogP) is 3.00. The van der Waals surface area contributed by atoms with Crippen molar-refractivity contribution >= 4 is 5.82 Å². The van der Waals surface area contributed by atoms with Gasteiger partial charge in [0.15, 0.2) is 0 Å². The zero-order chi connectivity index (χ0) is 11.9. The predicted molar refractivity (Wildman–Crippen MR) is 67.0 cm³/mol. The summed E-state index contributed by atoms with van der Waals surface area (Å²) in [6, 6.07) is 0. The summed E-state index contributed by atoms with van der Waals surface area (Å²) >= 11 is 0. The fourth-order valence-corrected chi connectivity index (χ4v) is 1.87. The molecule has 0 aliphatic heterocycles. The minimum absolute atomic E-state index is 0.0168. The highest BCUT2D eigenvalue weighted by atomic mass is 15.0. The third-order valence-electron chi connectivity index (χ3n) is 3.06. The maximum Gasteiger partial charge on any atom is 0.136 e. The Morgan fingerprint density at radius 2 is 1.81 bits per heavy atom. The van der Waals surface area contributed by atoms with Gasteiger partial charge in [0.1, 0.15) is 11.6 Å². The third kappa shape index (κ3) is 2.04. The molecule has 88 valence electrons. The zero-order valence-electron chi connectivity index (χ0n) is 10.9. The van der Waals surface area contributed by atoms with Gasteiger partial charge in [0.05, 0.1) is 5.69 Å². The van der Waals surface area contributed by atoms with Gasteiger partial charge in [0.2, 0.25) is 0 Å². The van der Waals surface area contributed by atoms with E-state index in [1.165, 1.54) is 24.1 Å². The molecule has 1 heterocycles. The van der Waals surface area contributed by atoms with Crippen LogP contribution in [0.1, 0.15) is 56.6 Å². The summed E-state index contributed by atoms with van der Waals surface area (Å²) in [5, 5.41) is 3.18. The van der Waals surface area contributed by atoms with Crippen molar-refractivity contribution in [2.45, 2.75) is 51.9 Å². The highest BCUT2D eigenvalue weighted by molar-refractivity contribution is 5.47. The molecule has 0 atom stereocenters. The Morgan fingerprint density at radius 1 is 1.19 bits per heavy atom. The molecule has 0 bridgehead atoms. The normalized spacial score (nSPS) is 16.3. The molecule has 0 spiro atoms. The van der Waals surface area contributed by atoms with E-state index in [4.69, 9.17) is 4.98 Å². The average molecular weight is 219 g/mol. The van der Waals surface area contributed by atoms with Crippen molar-refractivity contribution in [1.82, 2.24) is 9.97 Å². The highest BCUT2D eigenvalue weighted by Crippen LogP contribution is 2.42. The van der Waals surface area contributed by atoms with E-state index < -0.39 is 0 Å². The van der Waals surface area contributed by atoms with Crippen molar-refractivity contribution in [3.63, 3.8) is 0 Å². The van der Waals surface area contributed by atoms with E-state index in [9.17, 15) is 0 Å². The molecule has 16 heavy (non-hydrogen) atoms. The smallest absolute Gasteiger partial charge is 0.136 e. The average Bonchev–Trinajstić information content (AvgIpc) is 3.00. The lowest BCUT2D eigenvalue weighted by molar-refractivity contribution is 0.541. The van der Waals surface area contributed by atoms with Gasteiger partial charge in [-0.05, 0) is 19.8 Å². The maximum absolute atomic E-state index is 4.76. The molecule has 1 fully saturated rings. The molecule has 1 aliphatic rings. The van der Waals surface area contributed by atoms with Crippen LogP contribution in [0.25, 0.3) is 0 Å². The zero-order valence-corrected chi connectivity index (χ0v) is 10.9. The van der Waals surface area contributed by atoms with Crippen molar-refractivity contribution < 1.29 is 0 Å². The van der Waals surface area contributed by atoms with Gasteiger partial charge in [-0.15, -0.1) is 0 Å². The Hall–Kier alpha value is -1.12. The standard InChI is InChI=1S/C13H21N3/c1-8-10(9-6-7-9)15-12(13(2,3)4)16-11(8)14-5/h9H,6-7H2,1-5H3,(H,14,15,16). The Labute approximate surface area is 97.7 Å². The monoisotopic (exact) mass is 219 g/mol. The number of rotatable bonds is 2. The van der Waals surface area contributed by atoms with Crippen LogP contribution in [-0.2, 0) is 5.41 Å². The molecule has 3 nitrogen and oxygen atoms in total. The van der Waals surface area contributed by atoms with Crippen molar-refractivity contribution in [1.29, 1.82) is 0 Å². The number of anilines is 1. The summed E-state index contributed by atoms with van der Waals surface area (Å²) < 4.78 is 0. The van der Waals surface area contributed by atoms with Crippen LogP contribution in [-0.4, -0.2) is 17.0 Å². The molecule has 0 saturated heterocycles. The molecule has 1 aliphatic carbocycles. The second-order valence-corrected chi connectivity index (χ2v) is 5.68. The molecule has 1 aromatic heterocycles. The Balaban J connectivity index is 2.52. The van der Waals surface area contributed by atoms with Gasteiger partial charge in [-0.3, -0.25) is 0 Å². The van der Waals surface area contributed by atoms with Gasteiger partial charge >= 0.3 is 0 Å². The molecule has 1 aromatic rings. The van der Waals surface area contributed by atoms with Gasteiger partial charge in [0.25, 0.3) is 0 Å². The first-order chi connectivity index (χ1) is 7.43. The van der Waals surface area contributed by atoms with Crippen LogP contribution in [0, 0.1) is 6.92 Å². The van der Waals surface area contributed by atoms with Crippen LogP contribution >= 0.6 is 0 Å². The minimum Gasteiger partial charge on any atom is -0.373 e. The van der Waals surface area contributed by atoms with Gasteiger partial charge in [-0.1, -0.05) is 20.8 Å². The molecule has 1 saturated carbocycles. The lowest BCUT2D eigenvalue weighted by Crippen LogP contribution is -2.19. The fraction of sp³-hybridized carbons (Fsp3) is 0.692. The summed E-state index contributed by atoms with van der Waals surface area (Å²) in [4.78, 5) is 9.37. The van der Waals surface area contributed by atoms with E-state index >= 15 is 0 Å². The van der Waals surface area contributed by atoms with Gasteiger partial charge in [-0.2, -0.15) is 0 Å². The van der Waals surface area contributed by atoms with E-state index in [0.717, 1.165) is 11.6 Å². The van der Waals surface area contributed by atoms with Crippen LogP contribution in [0.15, 0.2) is 0 Å². The van der Waals surface area contributed by atoms with Crippen LogP contribution in [0.5, 0.6) is 0 Å². The van der Waals surface area contributed by atoms with Crippen LogP contribution in [0.3, 0.4) is 0 Å². The Morgan fingerprint density at radius 3 is 2.25 bits per heavy atom. The number of aromatic nitrogens is 2. The van der Waals surface area contributed by atoms with Gasteiger partial charge in [-0.25, -0.2) is 9.97 Å². The molecule has 0 unspecified atom stereocenters. The molecular formula is C13H21N3. The van der Waals surface area contributed by atoms with Crippen molar-refractivity contribution in [3.05, 3.63) is 17.1 Å². The first-order valence-electron chi connectivity index (χ1n) is 6.00. The molecular weight excluding hydrogens is 198 g/mol. The maximum atomic E-state index is 4.76. The summed E-state index contributed by atoms with van der Waals surface area (Å²) in [6.45, 7) is 8.60. The highest BCUT2D eigenvalue weighted by Gasteiger charge is 2.30. The summed E-state index contributed by atoms with van der Waals surface area (Å²) in [7, 11) is 1.93. The van der Waals surface area contributed by atoms with Crippen molar-refractivity contribution in [3.8, 4) is 0 Å². The molecule has 0 radical (unpaired) electrons. The van der Waals surface area contributed by atoms with Gasteiger partial charge < -0.3 is 5.32 Å². The summed E-state index contributed by atoms with van der Waals surface area (Å²) in [5.74, 6) is 2.61. The Kier molecular flexibility index (Phi) is 2.64. The fourth-order valence-electron chi connectivity index (χ4n) is 1.87. The molecule has 0 aromatic carbocycles. The number of nitrogens with one attached hydrogen (secondary N) is 1. The molecule has 1 N–H and O–H groups in total. The van der Waals surface area contributed by atoms with Crippen molar-refractivity contribution in [2.75, 3.05) is 12.4 Å². The number of hydrogen-bond donors (Lipinski definition) is 1. The summed E-state index contributed by atoms with van der Waals surface area (Å²) in [6.07, 6.45) is 2.56. The topological polar surface area (TPSA) is 37.8 Å². The molecule has 0 amide bonds. The third-order valence-corrected chi connectivity index (χ3v) is 3.06. The molecule has 2 rings (SSSR count). The van der Waals surface area contributed by atoms with E-state index in [1.807, 2.05) is 7.05 Å². The van der Waals surface area contributed by atoms with Crippen LogP contribution in [0.2, 0.25) is 0 Å². The van der Waals surface area contributed by atoms with Crippen LogP contribution < -0.4 is 5.32 Å². The minimum atomic E-state index is 0.0168. The second kappa shape index (κ2) is 3.72. The van der Waals surface area contributed by atoms with Crippen LogP contribution in [0.4, 0.5) is 5.82 Å². The quantitative estimate of drug-likeness (QED) is 0.831. The lowest BCUT2D eigenvalue weighted by Gasteiger charge is -2.20. The number of nitrogens with zero attached hydrogens (tertiary/aromatic N) is 2. The Bertz CT molecular complexity index is 400. The lowest BCUT2D eigenvalue weighted by atomic mass is 9.95. The SMILES string of the molecule is CNc1nc(C(C)(C)C)nc(C2CC2)c1C. The second-order valence-electron chi connectivity index (χ2n) is 5.68. The summed E-state index contributed by atoms with van der Waals surface area (Å²) in [5.41, 5.74) is 2.49. The number of hydrogen-bond acceptors (Lipinski definition) is 3. The van der Waals surface area contributed by atoms with E-state index in [0.29, 0.717) is 5.92 Å². The van der Waals surface area contributed by atoms with Gasteiger partial charge in [0, 0.05) is 23.9 Å².